The summed E-state index contributed by atoms with van der Waals surface area (Å²) in [7, 11) is 5.00. The Kier molecular flexibility index (Phi) is 6.04. The maximum atomic E-state index is 13.6. The van der Waals surface area contributed by atoms with E-state index in [0.29, 0.717) is 11.8 Å². The maximum absolute atomic E-state index is 13.6. The largest absolute Gasteiger partial charge is 0.478 e. The molecular weight excluding hydrogens is 329 g/mol. The smallest absolute Gasteiger partial charge is 0.321 e. The fourth-order valence-electron chi connectivity index (χ4n) is 1.85. The van der Waals surface area contributed by atoms with Gasteiger partial charge in [-0.2, -0.15) is 15.0 Å². The van der Waals surface area contributed by atoms with Gasteiger partial charge in [-0.05, 0) is 19.1 Å². The van der Waals surface area contributed by atoms with Gasteiger partial charge in [0.2, 0.25) is 5.95 Å². The van der Waals surface area contributed by atoms with Crippen LogP contribution in [-0.2, 0) is 11.3 Å². The number of para-hydroxylation sites is 1. The summed E-state index contributed by atoms with van der Waals surface area (Å²) in [6.07, 6.45) is -0.881. The van der Waals surface area contributed by atoms with Gasteiger partial charge in [-0.15, -0.1) is 0 Å². The normalized spacial score (nSPS) is 11.6. The Morgan fingerprint density at radius 3 is 2.64 bits per heavy atom. The zero-order valence-electron chi connectivity index (χ0n) is 14.5. The van der Waals surface area contributed by atoms with Crippen LogP contribution in [0.25, 0.3) is 0 Å². The second-order valence-corrected chi connectivity index (χ2v) is 5.34. The minimum Gasteiger partial charge on any atom is -0.478 e. The first-order chi connectivity index (χ1) is 11.9. The highest BCUT2D eigenvalue weighted by Gasteiger charge is 2.17. The van der Waals surface area contributed by atoms with Crippen molar-refractivity contribution in [2.24, 2.45) is 0 Å². The molecule has 1 amide bonds. The lowest BCUT2D eigenvalue weighted by molar-refractivity contribution is -0.127. The average molecular weight is 349 g/mol. The Balaban J connectivity index is 1.99. The molecule has 1 N–H and O–H groups in total. The first kappa shape index (κ1) is 18.4. The van der Waals surface area contributed by atoms with Gasteiger partial charge in [0, 0.05) is 14.1 Å². The summed E-state index contributed by atoms with van der Waals surface area (Å²) in [5, 5.41) is 2.64. The lowest BCUT2D eigenvalue weighted by Gasteiger charge is -2.15. The van der Waals surface area contributed by atoms with Gasteiger partial charge in [0.15, 0.2) is 23.5 Å². The van der Waals surface area contributed by atoms with Crippen LogP contribution in [0.3, 0.4) is 0 Å². The number of rotatable bonds is 7. The molecule has 0 bridgehead atoms. The van der Waals surface area contributed by atoms with Crippen molar-refractivity contribution in [3.05, 3.63) is 35.9 Å². The molecule has 0 aliphatic heterocycles. The molecule has 1 aromatic carbocycles. The summed E-state index contributed by atoms with van der Waals surface area (Å²) >= 11 is 0. The van der Waals surface area contributed by atoms with Crippen molar-refractivity contribution in [2.45, 2.75) is 19.6 Å². The number of hydrogen-bond donors (Lipinski definition) is 1. The van der Waals surface area contributed by atoms with Crippen molar-refractivity contribution in [1.29, 1.82) is 0 Å². The van der Waals surface area contributed by atoms with Crippen molar-refractivity contribution >= 4 is 11.9 Å². The van der Waals surface area contributed by atoms with E-state index in [4.69, 9.17) is 9.47 Å². The number of nitrogens with zero attached hydrogens (tertiary/aromatic N) is 4. The molecule has 1 aromatic heterocycles. The molecule has 0 saturated heterocycles. The molecule has 0 aliphatic rings. The predicted molar refractivity (Wildman–Crippen MR) is 89.0 cm³/mol. The van der Waals surface area contributed by atoms with Crippen molar-refractivity contribution in [1.82, 2.24) is 20.3 Å². The van der Waals surface area contributed by atoms with Crippen molar-refractivity contribution in [3.8, 4) is 11.8 Å². The third-order valence-electron chi connectivity index (χ3n) is 3.16. The van der Waals surface area contributed by atoms with E-state index < -0.39 is 17.8 Å². The van der Waals surface area contributed by atoms with Gasteiger partial charge in [0.05, 0.1) is 13.7 Å². The molecule has 0 radical (unpaired) electrons. The number of carbonyl (C=O) groups is 1. The van der Waals surface area contributed by atoms with Gasteiger partial charge < -0.3 is 19.7 Å². The number of amides is 1. The molecule has 25 heavy (non-hydrogen) atoms. The number of aromatic nitrogens is 3. The summed E-state index contributed by atoms with van der Waals surface area (Å²) in [5.74, 6) is -0.190. The molecule has 1 heterocycles. The monoisotopic (exact) mass is 349 g/mol. The molecule has 0 spiro atoms. The van der Waals surface area contributed by atoms with E-state index in [-0.39, 0.29) is 18.3 Å². The predicted octanol–water partition coefficient (Wildman–Crippen LogP) is 1.17. The Hall–Kier alpha value is -2.97. The number of hydrogen-bond acceptors (Lipinski definition) is 7. The van der Waals surface area contributed by atoms with Gasteiger partial charge in [-0.3, -0.25) is 4.79 Å². The highest BCUT2D eigenvalue weighted by atomic mass is 19.1. The van der Waals surface area contributed by atoms with Gasteiger partial charge in [-0.25, -0.2) is 4.39 Å². The number of carbonyl (C=O) groups excluding carboxylic acids is 1. The quantitative estimate of drug-likeness (QED) is 0.802. The molecule has 8 nitrogen and oxygen atoms in total. The van der Waals surface area contributed by atoms with E-state index in [9.17, 15) is 9.18 Å². The molecule has 0 aliphatic carbocycles. The van der Waals surface area contributed by atoms with Gasteiger partial charge in [0.1, 0.15) is 0 Å². The number of halogens is 1. The Labute approximate surface area is 145 Å². The fraction of sp³-hybridized carbons (Fsp3) is 0.375. The van der Waals surface area contributed by atoms with Crippen LogP contribution in [0.2, 0.25) is 0 Å². The van der Waals surface area contributed by atoms with E-state index in [1.165, 1.54) is 26.2 Å². The molecule has 0 saturated carbocycles. The van der Waals surface area contributed by atoms with E-state index in [0.717, 1.165) is 0 Å². The molecule has 1 atom stereocenters. The lowest BCUT2D eigenvalue weighted by Crippen LogP contribution is -2.36. The number of nitrogens with one attached hydrogen (secondary N) is 1. The summed E-state index contributed by atoms with van der Waals surface area (Å²) in [6, 6.07) is 6.05. The Morgan fingerprint density at radius 1 is 1.28 bits per heavy atom. The number of anilines is 1. The van der Waals surface area contributed by atoms with E-state index in [1.54, 1.807) is 31.1 Å². The zero-order valence-corrected chi connectivity index (χ0v) is 14.5. The van der Waals surface area contributed by atoms with Crippen molar-refractivity contribution in [3.63, 3.8) is 0 Å². The molecule has 134 valence electrons. The average Bonchev–Trinajstić information content (AvgIpc) is 2.61. The summed E-state index contributed by atoms with van der Waals surface area (Å²) < 4.78 is 23.9. The summed E-state index contributed by atoms with van der Waals surface area (Å²) in [6.45, 7) is 1.59. The van der Waals surface area contributed by atoms with E-state index in [2.05, 4.69) is 20.3 Å². The summed E-state index contributed by atoms with van der Waals surface area (Å²) in [4.78, 5) is 26.2. The van der Waals surface area contributed by atoms with E-state index >= 15 is 0 Å². The van der Waals surface area contributed by atoms with Gasteiger partial charge in [0.25, 0.3) is 5.91 Å². The molecule has 9 heteroatoms. The number of methoxy groups -OCH3 is 1. The lowest BCUT2D eigenvalue weighted by atomic mass is 10.3. The van der Waals surface area contributed by atoms with Crippen LogP contribution in [-0.4, -0.2) is 48.2 Å². The van der Waals surface area contributed by atoms with Crippen LogP contribution in [0.5, 0.6) is 11.8 Å². The molecule has 2 rings (SSSR count). The minimum absolute atomic E-state index is 0.0156. The molecule has 2 aromatic rings. The third-order valence-corrected chi connectivity index (χ3v) is 3.16. The minimum atomic E-state index is -0.881. The third kappa shape index (κ3) is 5.00. The molecule has 0 fully saturated rings. The first-order valence-electron chi connectivity index (χ1n) is 7.56. The maximum Gasteiger partial charge on any atom is 0.321 e. The highest BCUT2D eigenvalue weighted by molar-refractivity contribution is 5.80. The molecule has 1 unspecified atom stereocenters. The fourth-order valence-corrected chi connectivity index (χ4v) is 1.85. The molecular formula is C16H20FN5O3. The van der Waals surface area contributed by atoms with Crippen LogP contribution >= 0.6 is 0 Å². The van der Waals surface area contributed by atoms with Crippen molar-refractivity contribution in [2.75, 3.05) is 26.1 Å². The van der Waals surface area contributed by atoms with Crippen LogP contribution < -0.4 is 19.7 Å². The van der Waals surface area contributed by atoms with Crippen LogP contribution in [0.1, 0.15) is 12.7 Å². The second kappa shape index (κ2) is 8.22. The number of ether oxygens (including phenoxy) is 2. The van der Waals surface area contributed by atoms with Crippen LogP contribution in [0, 0.1) is 5.82 Å². The first-order valence-corrected chi connectivity index (χ1v) is 7.56. The van der Waals surface area contributed by atoms with Crippen molar-refractivity contribution < 1.29 is 18.7 Å². The number of benzene rings is 1. The van der Waals surface area contributed by atoms with Crippen LogP contribution in [0.4, 0.5) is 10.3 Å². The Bertz CT molecular complexity index is 741. The van der Waals surface area contributed by atoms with Gasteiger partial charge >= 0.3 is 6.01 Å². The SMILES string of the molecule is COc1nc(CNC(=O)C(C)Oc2ccccc2F)nc(N(C)C)n1. The zero-order chi connectivity index (χ0) is 18.4. The van der Waals surface area contributed by atoms with Crippen LogP contribution in [0.15, 0.2) is 24.3 Å². The topological polar surface area (TPSA) is 89.5 Å². The second-order valence-electron chi connectivity index (χ2n) is 5.34. The summed E-state index contributed by atoms with van der Waals surface area (Å²) in [5.41, 5.74) is 0. The Morgan fingerprint density at radius 2 is 2.00 bits per heavy atom. The van der Waals surface area contributed by atoms with E-state index in [1.807, 2.05) is 0 Å². The standard InChI is InChI=1S/C16H20FN5O3/c1-10(25-12-8-6-5-7-11(12)17)14(23)18-9-13-19-15(22(2)3)21-16(20-13)24-4/h5-8,10H,9H2,1-4H3,(H,18,23). The van der Waals surface area contributed by atoms with Gasteiger partial charge in [-0.1, -0.05) is 12.1 Å². The highest BCUT2D eigenvalue weighted by Crippen LogP contribution is 2.17.